The fraction of sp³-hybridized carbons (Fsp3) is 0.400. The second kappa shape index (κ2) is 5.45. The van der Waals surface area contributed by atoms with Gasteiger partial charge >= 0.3 is 0 Å². The summed E-state index contributed by atoms with van der Waals surface area (Å²) >= 11 is 0. The number of hydrogen-bond donors (Lipinski definition) is 0. The first kappa shape index (κ1) is 12.8. The first-order valence-electron chi connectivity index (χ1n) is 7.09. The van der Waals surface area contributed by atoms with Gasteiger partial charge in [-0.2, -0.15) is 0 Å². The molecule has 0 aliphatic carbocycles. The molecule has 1 amide bonds. The molecule has 2 aromatic rings. The van der Waals surface area contributed by atoms with E-state index < -0.39 is 0 Å². The zero-order chi connectivity index (χ0) is 13.9. The van der Waals surface area contributed by atoms with E-state index in [1.807, 2.05) is 42.2 Å². The summed E-state index contributed by atoms with van der Waals surface area (Å²) in [7, 11) is 0. The predicted molar refractivity (Wildman–Crippen MR) is 76.3 cm³/mol. The highest BCUT2D eigenvalue weighted by atomic mass is 16.2. The molecule has 1 fully saturated rings. The summed E-state index contributed by atoms with van der Waals surface area (Å²) in [5.74, 6) is 1.02. The van der Waals surface area contributed by atoms with E-state index >= 15 is 0 Å². The average molecular weight is 270 g/mol. The Kier molecular flexibility index (Phi) is 3.50. The highest BCUT2D eigenvalue weighted by Gasteiger charge is 2.24. The molecule has 0 bridgehead atoms. The SMILES string of the molecule is CCn1nc(C(=O)N2CCCC2)nc1-c1ccccc1. The predicted octanol–water partition coefficient (Wildman–Crippen LogP) is 2.20. The van der Waals surface area contributed by atoms with E-state index in [-0.39, 0.29) is 5.91 Å². The molecule has 0 saturated carbocycles. The molecular formula is C15H18N4O. The number of amides is 1. The van der Waals surface area contributed by atoms with Crippen LogP contribution in [0, 0.1) is 0 Å². The fourth-order valence-corrected chi connectivity index (χ4v) is 2.52. The molecule has 104 valence electrons. The summed E-state index contributed by atoms with van der Waals surface area (Å²) in [5, 5.41) is 4.36. The van der Waals surface area contributed by atoms with Crippen LogP contribution in [0.15, 0.2) is 30.3 Å². The summed E-state index contributed by atoms with van der Waals surface area (Å²) in [6, 6.07) is 9.87. The van der Waals surface area contributed by atoms with Crippen LogP contribution in [0.5, 0.6) is 0 Å². The number of hydrogen-bond acceptors (Lipinski definition) is 3. The largest absolute Gasteiger partial charge is 0.336 e. The van der Waals surface area contributed by atoms with E-state index in [4.69, 9.17) is 0 Å². The van der Waals surface area contributed by atoms with Gasteiger partial charge in [0.1, 0.15) is 0 Å². The van der Waals surface area contributed by atoms with Gasteiger partial charge in [0.25, 0.3) is 5.91 Å². The summed E-state index contributed by atoms with van der Waals surface area (Å²) in [6.07, 6.45) is 2.15. The number of carbonyl (C=O) groups excluding carboxylic acids is 1. The Balaban J connectivity index is 1.94. The number of rotatable bonds is 3. The van der Waals surface area contributed by atoms with E-state index in [1.54, 1.807) is 4.68 Å². The van der Waals surface area contributed by atoms with Crippen molar-refractivity contribution in [1.29, 1.82) is 0 Å². The van der Waals surface area contributed by atoms with Gasteiger partial charge in [-0.1, -0.05) is 30.3 Å². The molecule has 5 heteroatoms. The molecular weight excluding hydrogens is 252 g/mol. The topological polar surface area (TPSA) is 51.0 Å². The molecule has 1 aliphatic rings. The third-order valence-corrected chi connectivity index (χ3v) is 3.59. The van der Waals surface area contributed by atoms with Crippen LogP contribution in [0.1, 0.15) is 30.4 Å². The second-order valence-corrected chi connectivity index (χ2v) is 4.94. The van der Waals surface area contributed by atoms with Gasteiger partial charge in [-0.25, -0.2) is 9.67 Å². The van der Waals surface area contributed by atoms with Crippen molar-refractivity contribution in [3.63, 3.8) is 0 Å². The van der Waals surface area contributed by atoms with E-state index in [1.165, 1.54) is 0 Å². The minimum absolute atomic E-state index is 0.0492. The van der Waals surface area contributed by atoms with Crippen molar-refractivity contribution in [3.05, 3.63) is 36.2 Å². The van der Waals surface area contributed by atoms with Gasteiger partial charge in [0.2, 0.25) is 5.82 Å². The van der Waals surface area contributed by atoms with Crippen molar-refractivity contribution in [2.75, 3.05) is 13.1 Å². The van der Waals surface area contributed by atoms with E-state index in [2.05, 4.69) is 10.1 Å². The van der Waals surface area contributed by atoms with Crippen molar-refractivity contribution in [1.82, 2.24) is 19.7 Å². The van der Waals surface area contributed by atoms with Crippen LogP contribution in [-0.4, -0.2) is 38.7 Å². The first-order valence-corrected chi connectivity index (χ1v) is 7.09. The second-order valence-electron chi connectivity index (χ2n) is 4.94. The maximum atomic E-state index is 12.3. The van der Waals surface area contributed by atoms with Gasteiger partial charge in [-0.3, -0.25) is 4.79 Å². The number of aromatic nitrogens is 3. The van der Waals surface area contributed by atoms with Crippen LogP contribution in [0.3, 0.4) is 0 Å². The van der Waals surface area contributed by atoms with E-state index in [0.29, 0.717) is 12.4 Å². The molecule has 0 N–H and O–H groups in total. The van der Waals surface area contributed by atoms with Crippen LogP contribution in [0.25, 0.3) is 11.4 Å². The van der Waals surface area contributed by atoms with Gasteiger partial charge in [-0.05, 0) is 19.8 Å². The van der Waals surface area contributed by atoms with E-state index in [0.717, 1.165) is 37.3 Å². The Morgan fingerprint density at radius 3 is 2.55 bits per heavy atom. The number of nitrogens with zero attached hydrogens (tertiary/aromatic N) is 4. The maximum absolute atomic E-state index is 12.3. The molecule has 1 aromatic heterocycles. The summed E-state index contributed by atoms with van der Waals surface area (Å²) in [5.41, 5.74) is 0.988. The van der Waals surface area contributed by atoms with E-state index in [9.17, 15) is 4.79 Å². The monoisotopic (exact) mass is 270 g/mol. The molecule has 2 heterocycles. The third-order valence-electron chi connectivity index (χ3n) is 3.59. The van der Waals surface area contributed by atoms with Gasteiger partial charge in [0.05, 0.1) is 0 Å². The van der Waals surface area contributed by atoms with Crippen LogP contribution in [0.4, 0.5) is 0 Å². The van der Waals surface area contributed by atoms with Crippen LogP contribution >= 0.6 is 0 Å². The van der Waals surface area contributed by atoms with Gasteiger partial charge in [0, 0.05) is 25.2 Å². The Hall–Kier alpha value is -2.17. The lowest BCUT2D eigenvalue weighted by Gasteiger charge is -2.11. The number of benzene rings is 1. The maximum Gasteiger partial charge on any atom is 0.293 e. The Morgan fingerprint density at radius 1 is 1.20 bits per heavy atom. The normalized spacial score (nSPS) is 14.8. The number of carbonyl (C=O) groups is 1. The summed E-state index contributed by atoms with van der Waals surface area (Å²) < 4.78 is 1.79. The highest BCUT2D eigenvalue weighted by molar-refractivity contribution is 5.91. The quantitative estimate of drug-likeness (QED) is 0.859. The van der Waals surface area contributed by atoms with Crippen molar-refractivity contribution in [2.24, 2.45) is 0 Å². The zero-order valence-electron chi connectivity index (χ0n) is 11.6. The fourth-order valence-electron chi connectivity index (χ4n) is 2.52. The van der Waals surface area contributed by atoms with Crippen molar-refractivity contribution >= 4 is 5.91 Å². The summed E-state index contributed by atoms with van der Waals surface area (Å²) in [6.45, 7) is 4.34. The lowest BCUT2D eigenvalue weighted by atomic mass is 10.2. The molecule has 1 saturated heterocycles. The lowest BCUT2D eigenvalue weighted by molar-refractivity contribution is 0.0780. The molecule has 3 rings (SSSR count). The van der Waals surface area contributed by atoms with Crippen molar-refractivity contribution < 1.29 is 4.79 Å². The molecule has 5 nitrogen and oxygen atoms in total. The molecule has 0 unspecified atom stereocenters. The average Bonchev–Trinajstić information content (AvgIpc) is 3.17. The first-order chi connectivity index (χ1) is 9.79. The standard InChI is InChI=1S/C15H18N4O/c1-2-19-14(12-8-4-3-5-9-12)16-13(17-19)15(20)18-10-6-7-11-18/h3-5,8-9H,2,6-7,10-11H2,1H3. The molecule has 0 atom stereocenters. The Bertz CT molecular complexity index is 600. The number of aryl methyl sites for hydroxylation is 1. The highest BCUT2D eigenvalue weighted by Crippen LogP contribution is 2.18. The molecule has 1 aliphatic heterocycles. The van der Waals surface area contributed by atoms with Crippen LogP contribution in [0.2, 0.25) is 0 Å². The zero-order valence-corrected chi connectivity index (χ0v) is 11.6. The molecule has 20 heavy (non-hydrogen) atoms. The van der Waals surface area contributed by atoms with Crippen LogP contribution < -0.4 is 0 Å². The minimum Gasteiger partial charge on any atom is -0.336 e. The summed E-state index contributed by atoms with van der Waals surface area (Å²) in [4.78, 5) is 18.6. The van der Waals surface area contributed by atoms with Gasteiger partial charge < -0.3 is 4.90 Å². The Labute approximate surface area is 118 Å². The third kappa shape index (κ3) is 2.31. The molecule has 0 spiro atoms. The Morgan fingerprint density at radius 2 is 1.90 bits per heavy atom. The van der Waals surface area contributed by atoms with Gasteiger partial charge in [-0.15, -0.1) is 5.10 Å². The molecule has 1 aromatic carbocycles. The van der Waals surface area contributed by atoms with Crippen molar-refractivity contribution in [3.8, 4) is 11.4 Å². The smallest absolute Gasteiger partial charge is 0.293 e. The van der Waals surface area contributed by atoms with Crippen LogP contribution in [-0.2, 0) is 6.54 Å². The lowest BCUT2D eigenvalue weighted by Crippen LogP contribution is -2.28. The number of likely N-dealkylation sites (tertiary alicyclic amines) is 1. The molecule has 0 radical (unpaired) electrons. The minimum atomic E-state index is -0.0492. The van der Waals surface area contributed by atoms with Crippen molar-refractivity contribution in [2.45, 2.75) is 26.3 Å². The van der Waals surface area contributed by atoms with Gasteiger partial charge in [0.15, 0.2) is 5.82 Å².